The number of guanidine groups is 1. The Labute approximate surface area is 132 Å². The lowest BCUT2D eigenvalue weighted by atomic mass is 10.2. The van der Waals surface area contributed by atoms with Crippen molar-refractivity contribution in [3.05, 3.63) is 42.1 Å². The van der Waals surface area contributed by atoms with Crippen molar-refractivity contribution in [3.8, 4) is 5.75 Å². The highest BCUT2D eigenvalue weighted by molar-refractivity contribution is 7.98. The molecule has 116 valence electrons. The number of benzene rings is 2. The molecule has 0 saturated heterocycles. The molecular weight excluding hydrogens is 324 g/mol. The number of aromatic nitrogens is 2. The van der Waals surface area contributed by atoms with Gasteiger partial charge in [0.15, 0.2) is 11.6 Å². The Morgan fingerprint density at radius 2 is 2.13 bits per heavy atom. The minimum atomic E-state index is -1.31. The quantitative estimate of drug-likeness (QED) is 0.514. The summed E-state index contributed by atoms with van der Waals surface area (Å²) in [6.07, 6.45) is 1.66. The van der Waals surface area contributed by atoms with Gasteiger partial charge < -0.3 is 10.4 Å². The fourth-order valence-corrected chi connectivity index (χ4v) is 2.97. The summed E-state index contributed by atoms with van der Waals surface area (Å²) in [5.74, 6) is -2.95. The van der Waals surface area contributed by atoms with E-state index in [-0.39, 0.29) is 11.6 Å². The van der Waals surface area contributed by atoms with Crippen LogP contribution in [0.25, 0.3) is 10.9 Å². The van der Waals surface area contributed by atoms with Gasteiger partial charge in [0.2, 0.25) is 11.8 Å². The summed E-state index contributed by atoms with van der Waals surface area (Å²) in [5, 5.41) is 20.4. The Hall–Kier alpha value is -2.81. The molecule has 1 aliphatic rings. The number of anilines is 1. The van der Waals surface area contributed by atoms with Crippen LogP contribution in [0.3, 0.4) is 0 Å². The summed E-state index contributed by atoms with van der Waals surface area (Å²) in [7, 11) is 0. The lowest BCUT2D eigenvalue weighted by Gasteiger charge is -2.19. The maximum absolute atomic E-state index is 13.5. The van der Waals surface area contributed by atoms with Gasteiger partial charge in [0.05, 0.1) is 22.3 Å². The van der Waals surface area contributed by atoms with E-state index < -0.39 is 17.4 Å². The first kappa shape index (κ1) is 13.8. The number of H-pyrrole nitrogens is 1. The van der Waals surface area contributed by atoms with E-state index in [1.807, 2.05) is 18.2 Å². The fraction of sp³-hybridized carbons (Fsp3) is 0. The van der Waals surface area contributed by atoms with Crippen LogP contribution in [0.15, 0.2) is 40.4 Å². The van der Waals surface area contributed by atoms with E-state index in [0.29, 0.717) is 4.90 Å². The first-order chi connectivity index (χ1) is 11.1. The van der Waals surface area contributed by atoms with Gasteiger partial charge >= 0.3 is 0 Å². The number of fused-ring (bicyclic) bond motifs is 2. The van der Waals surface area contributed by atoms with E-state index in [0.717, 1.165) is 34.6 Å². The maximum Gasteiger partial charge on any atom is 0.211 e. The topological polar surface area (TPSA) is 85.3 Å². The molecular formula is C14H9F2N5OS. The summed E-state index contributed by atoms with van der Waals surface area (Å²) < 4.78 is 29.7. The van der Waals surface area contributed by atoms with Gasteiger partial charge in [0.1, 0.15) is 5.69 Å². The number of phenolic OH excluding ortho intramolecular Hbond substituents is 1. The predicted octanol–water partition coefficient (Wildman–Crippen LogP) is 3.26. The zero-order chi connectivity index (χ0) is 16.0. The lowest BCUT2D eigenvalue weighted by molar-refractivity contribution is 0.406. The normalized spacial score (nSPS) is 13.4. The van der Waals surface area contributed by atoms with Gasteiger partial charge in [0.25, 0.3) is 0 Å². The number of hydrogen-bond donors (Lipinski definition) is 4. The summed E-state index contributed by atoms with van der Waals surface area (Å²) in [6.45, 7) is 0. The molecule has 23 heavy (non-hydrogen) atoms. The number of rotatable bonds is 1. The van der Waals surface area contributed by atoms with E-state index in [4.69, 9.17) is 0 Å². The minimum absolute atomic E-state index is 0.0190. The van der Waals surface area contributed by atoms with Crippen LogP contribution in [0.5, 0.6) is 5.75 Å². The number of halogens is 2. The van der Waals surface area contributed by atoms with Crippen LogP contribution in [0.2, 0.25) is 0 Å². The number of phenols is 1. The third-order valence-corrected chi connectivity index (χ3v) is 4.18. The zero-order valence-corrected chi connectivity index (χ0v) is 12.2. The van der Waals surface area contributed by atoms with Crippen molar-refractivity contribution in [2.24, 2.45) is 4.99 Å². The summed E-state index contributed by atoms with van der Waals surface area (Å²) in [4.78, 5) is 4.42. The Kier molecular flexibility index (Phi) is 3.08. The molecule has 0 saturated carbocycles. The molecule has 9 heteroatoms. The Morgan fingerprint density at radius 3 is 3.00 bits per heavy atom. The molecule has 0 radical (unpaired) electrons. The third kappa shape index (κ3) is 2.25. The Bertz CT molecular complexity index is 956. The lowest BCUT2D eigenvalue weighted by Crippen LogP contribution is -2.27. The molecule has 0 atom stereocenters. The molecule has 0 bridgehead atoms. The molecule has 3 aromatic rings. The van der Waals surface area contributed by atoms with E-state index in [1.54, 1.807) is 6.20 Å². The second kappa shape index (κ2) is 5.13. The SMILES string of the molecule is Oc1c(F)c(F)cc2c1N=C(Nc1cccc3[nH]ncc13)NS2. The molecule has 0 spiro atoms. The molecule has 0 aliphatic carbocycles. The average molecular weight is 333 g/mol. The van der Waals surface area contributed by atoms with Gasteiger partial charge in [-0.1, -0.05) is 6.07 Å². The number of hydrogen-bond acceptors (Lipinski definition) is 6. The second-order valence-corrected chi connectivity index (χ2v) is 5.64. The second-order valence-electron chi connectivity index (χ2n) is 4.79. The summed E-state index contributed by atoms with van der Waals surface area (Å²) in [5.41, 5.74) is 1.55. The highest BCUT2D eigenvalue weighted by Gasteiger charge is 2.22. The van der Waals surface area contributed by atoms with Crippen LogP contribution >= 0.6 is 11.9 Å². The van der Waals surface area contributed by atoms with Crippen molar-refractivity contribution in [3.63, 3.8) is 0 Å². The maximum atomic E-state index is 13.5. The molecule has 4 rings (SSSR count). The smallest absolute Gasteiger partial charge is 0.211 e. The molecule has 0 amide bonds. The monoisotopic (exact) mass is 333 g/mol. The van der Waals surface area contributed by atoms with Gasteiger partial charge in [-0.25, -0.2) is 9.38 Å². The highest BCUT2D eigenvalue weighted by Crippen LogP contribution is 2.41. The van der Waals surface area contributed by atoms with E-state index >= 15 is 0 Å². The van der Waals surface area contributed by atoms with Crippen molar-refractivity contribution in [1.29, 1.82) is 0 Å². The van der Waals surface area contributed by atoms with Crippen LogP contribution in [-0.4, -0.2) is 21.3 Å². The van der Waals surface area contributed by atoms with Crippen molar-refractivity contribution in [2.45, 2.75) is 4.90 Å². The van der Waals surface area contributed by atoms with Gasteiger partial charge in [-0.05, 0) is 30.1 Å². The van der Waals surface area contributed by atoms with E-state index in [9.17, 15) is 13.9 Å². The van der Waals surface area contributed by atoms with Gasteiger partial charge in [-0.2, -0.15) is 9.49 Å². The van der Waals surface area contributed by atoms with Crippen LogP contribution in [-0.2, 0) is 0 Å². The van der Waals surface area contributed by atoms with Gasteiger partial charge in [0, 0.05) is 5.39 Å². The van der Waals surface area contributed by atoms with E-state index in [1.165, 1.54) is 0 Å². The Morgan fingerprint density at radius 1 is 1.26 bits per heavy atom. The van der Waals surface area contributed by atoms with E-state index in [2.05, 4.69) is 25.2 Å². The number of nitrogens with one attached hydrogen (secondary N) is 3. The fourth-order valence-electron chi connectivity index (χ4n) is 2.26. The third-order valence-electron chi connectivity index (χ3n) is 3.35. The van der Waals surface area contributed by atoms with Crippen molar-refractivity contribution < 1.29 is 13.9 Å². The van der Waals surface area contributed by atoms with Gasteiger partial charge in [-0.3, -0.25) is 9.82 Å². The van der Waals surface area contributed by atoms with Crippen molar-refractivity contribution >= 4 is 40.2 Å². The molecule has 1 aliphatic heterocycles. The minimum Gasteiger partial charge on any atom is -0.503 e. The molecule has 0 unspecified atom stereocenters. The number of aromatic hydroxyl groups is 1. The molecule has 1 aromatic heterocycles. The first-order valence-corrected chi connectivity index (χ1v) is 7.37. The van der Waals surface area contributed by atoms with Crippen LogP contribution < -0.4 is 10.0 Å². The number of aromatic amines is 1. The molecule has 2 heterocycles. The molecule has 2 aromatic carbocycles. The van der Waals surface area contributed by atoms with Gasteiger partial charge in [-0.15, -0.1) is 0 Å². The summed E-state index contributed by atoms with van der Waals surface area (Å²) in [6, 6.07) is 6.52. The number of aliphatic imine (C=N–C) groups is 1. The average Bonchev–Trinajstić information content (AvgIpc) is 3.03. The molecule has 0 fully saturated rings. The highest BCUT2D eigenvalue weighted by atomic mass is 32.2. The standard InChI is InChI=1S/C14H9F2N5OS/c15-7-4-10-12(13(22)11(7)16)19-14(21-23-10)18-8-2-1-3-9-6(8)5-17-20-9/h1-5,22H,(H,17,20)(H2,18,19,21). The largest absolute Gasteiger partial charge is 0.503 e. The van der Waals surface area contributed by atoms with Crippen LogP contribution in [0.4, 0.5) is 20.2 Å². The van der Waals surface area contributed by atoms with Crippen LogP contribution in [0, 0.1) is 11.6 Å². The van der Waals surface area contributed by atoms with Crippen molar-refractivity contribution in [2.75, 3.05) is 5.32 Å². The predicted molar refractivity (Wildman–Crippen MR) is 83.8 cm³/mol. The molecule has 4 N–H and O–H groups in total. The first-order valence-electron chi connectivity index (χ1n) is 6.55. The zero-order valence-electron chi connectivity index (χ0n) is 11.4. The van der Waals surface area contributed by atoms with Crippen LogP contribution in [0.1, 0.15) is 0 Å². The summed E-state index contributed by atoms with van der Waals surface area (Å²) >= 11 is 1.03. The molecule has 6 nitrogen and oxygen atoms in total. The Balaban J connectivity index is 1.74. The van der Waals surface area contributed by atoms with Crippen molar-refractivity contribution in [1.82, 2.24) is 14.9 Å². The number of nitrogens with zero attached hydrogens (tertiary/aromatic N) is 2.